The zero-order valence-electron chi connectivity index (χ0n) is 13.8. The molecule has 2 heterocycles. The van der Waals surface area contributed by atoms with E-state index in [-0.39, 0.29) is 6.10 Å². The predicted molar refractivity (Wildman–Crippen MR) is 84.9 cm³/mol. The fourth-order valence-electron chi connectivity index (χ4n) is 2.63. The van der Waals surface area contributed by atoms with Crippen molar-refractivity contribution in [3.8, 4) is 6.01 Å². The zero-order chi connectivity index (χ0) is 15.4. The minimum absolute atomic E-state index is 0.0524. The van der Waals surface area contributed by atoms with E-state index in [9.17, 15) is 0 Å². The van der Waals surface area contributed by atoms with Gasteiger partial charge in [-0.15, -0.1) is 0 Å². The summed E-state index contributed by atoms with van der Waals surface area (Å²) in [5.41, 5.74) is 0. The van der Waals surface area contributed by atoms with E-state index in [1.54, 1.807) is 0 Å². The first-order valence-corrected chi connectivity index (χ1v) is 7.85. The molecule has 1 aromatic rings. The SMILES string of the molecule is CNc1nc(OC(C)C)nc(N2CCC(C(C)C)CC2)n1. The van der Waals surface area contributed by atoms with Crippen molar-refractivity contribution in [1.29, 1.82) is 0 Å². The first kappa shape index (κ1) is 15.8. The van der Waals surface area contributed by atoms with Crippen LogP contribution < -0.4 is 15.0 Å². The summed E-state index contributed by atoms with van der Waals surface area (Å²) < 4.78 is 5.62. The van der Waals surface area contributed by atoms with Gasteiger partial charge in [0.2, 0.25) is 11.9 Å². The van der Waals surface area contributed by atoms with Crippen molar-refractivity contribution in [3.05, 3.63) is 0 Å². The Morgan fingerprint density at radius 1 is 1.10 bits per heavy atom. The molecule has 6 nitrogen and oxygen atoms in total. The molecule has 1 N–H and O–H groups in total. The van der Waals surface area contributed by atoms with Gasteiger partial charge in [0, 0.05) is 20.1 Å². The third-order valence-electron chi connectivity index (χ3n) is 3.93. The van der Waals surface area contributed by atoms with Crippen molar-refractivity contribution < 1.29 is 4.74 Å². The maximum Gasteiger partial charge on any atom is 0.323 e. The average Bonchev–Trinajstić information content (AvgIpc) is 2.46. The molecule has 0 aromatic carbocycles. The van der Waals surface area contributed by atoms with Crippen LogP contribution in [0.2, 0.25) is 0 Å². The maximum atomic E-state index is 5.62. The number of rotatable bonds is 5. The Kier molecular flexibility index (Phi) is 5.20. The van der Waals surface area contributed by atoms with Crippen LogP contribution in [0.1, 0.15) is 40.5 Å². The van der Waals surface area contributed by atoms with Gasteiger partial charge >= 0.3 is 6.01 Å². The Hall–Kier alpha value is -1.59. The molecule has 1 fully saturated rings. The van der Waals surface area contributed by atoms with Crippen LogP contribution in [0.15, 0.2) is 0 Å². The van der Waals surface area contributed by atoms with Crippen LogP contribution in [0.25, 0.3) is 0 Å². The molecule has 2 rings (SSSR count). The normalized spacial score (nSPS) is 16.6. The van der Waals surface area contributed by atoms with Crippen molar-refractivity contribution in [1.82, 2.24) is 15.0 Å². The van der Waals surface area contributed by atoms with Crippen LogP contribution in [0.5, 0.6) is 6.01 Å². The Bertz CT molecular complexity index is 455. The lowest BCUT2D eigenvalue weighted by atomic mass is 9.87. The van der Waals surface area contributed by atoms with Gasteiger partial charge in [0.15, 0.2) is 0 Å². The third kappa shape index (κ3) is 4.19. The molecule has 0 amide bonds. The van der Waals surface area contributed by atoms with Gasteiger partial charge in [0.25, 0.3) is 0 Å². The summed E-state index contributed by atoms with van der Waals surface area (Å²) in [5, 5.41) is 2.98. The third-order valence-corrected chi connectivity index (χ3v) is 3.93. The highest BCUT2D eigenvalue weighted by Gasteiger charge is 2.24. The highest BCUT2D eigenvalue weighted by atomic mass is 16.5. The number of nitrogens with one attached hydrogen (secondary N) is 1. The number of hydrogen-bond acceptors (Lipinski definition) is 6. The lowest BCUT2D eigenvalue weighted by Gasteiger charge is -2.33. The second kappa shape index (κ2) is 6.91. The van der Waals surface area contributed by atoms with Gasteiger partial charge in [-0.05, 0) is 38.5 Å². The zero-order valence-corrected chi connectivity index (χ0v) is 13.8. The smallest absolute Gasteiger partial charge is 0.323 e. The van der Waals surface area contributed by atoms with Crippen molar-refractivity contribution >= 4 is 11.9 Å². The Morgan fingerprint density at radius 2 is 1.76 bits per heavy atom. The largest absolute Gasteiger partial charge is 0.461 e. The number of aromatic nitrogens is 3. The first-order valence-electron chi connectivity index (χ1n) is 7.85. The predicted octanol–water partition coefficient (Wildman–Crippen LogP) is 2.57. The van der Waals surface area contributed by atoms with Gasteiger partial charge in [-0.2, -0.15) is 15.0 Å². The average molecular weight is 293 g/mol. The fourth-order valence-corrected chi connectivity index (χ4v) is 2.63. The number of anilines is 2. The second-order valence-electron chi connectivity index (χ2n) is 6.23. The molecule has 0 spiro atoms. The molecule has 0 unspecified atom stereocenters. The van der Waals surface area contributed by atoms with E-state index >= 15 is 0 Å². The topological polar surface area (TPSA) is 63.2 Å². The van der Waals surface area contributed by atoms with Crippen LogP contribution >= 0.6 is 0 Å². The summed E-state index contributed by atoms with van der Waals surface area (Å²) >= 11 is 0. The van der Waals surface area contributed by atoms with E-state index < -0.39 is 0 Å². The van der Waals surface area contributed by atoms with Gasteiger partial charge < -0.3 is 15.0 Å². The minimum atomic E-state index is 0.0524. The van der Waals surface area contributed by atoms with E-state index in [0.29, 0.717) is 17.9 Å². The quantitative estimate of drug-likeness (QED) is 0.900. The molecular weight excluding hydrogens is 266 g/mol. The summed E-state index contributed by atoms with van der Waals surface area (Å²) in [6.07, 6.45) is 2.44. The molecule has 1 saturated heterocycles. The van der Waals surface area contributed by atoms with E-state index in [1.807, 2.05) is 20.9 Å². The standard InChI is InChI=1S/C15H27N5O/c1-10(2)12-6-8-20(9-7-12)14-17-13(16-5)18-15(19-14)21-11(3)4/h10-12H,6-9H2,1-5H3,(H,16,17,18,19). The summed E-state index contributed by atoms with van der Waals surface area (Å²) in [6.45, 7) is 10.5. The molecule has 0 saturated carbocycles. The van der Waals surface area contributed by atoms with Crippen molar-refractivity contribution in [2.75, 3.05) is 30.4 Å². The number of ether oxygens (including phenoxy) is 1. The molecule has 118 valence electrons. The lowest BCUT2D eigenvalue weighted by Crippen LogP contribution is -2.36. The molecule has 0 aliphatic carbocycles. The highest BCUT2D eigenvalue weighted by molar-refractivity contribution is 5.38. The Labute approximate surface area is 127 Å². The molecule has 21 heavy (non-hydrogen) atoms. The summed E-state index contributed by atoms with van der Waals surface area (Å²) in [7, 11) is 1.81. The maximum absolute atomic E-state index is 5.62. The Balaban J connectivity index is 2.12. The number of nitrogens with zero attached hydrogens (tertiary/aromatic N) is 4. The van der Waals surface area contributed by atoms with E-state index in [2.05, 4.69) is 39.0 Å². The monoisotopic (exact) mass is 293 g/mol. The van der Waals surface area contributed by atoms with Gasteiger partial charge in [0.1, 0.15) is 0 Å². The van der Waals surface area contributed by atoms with Crippen molar-refractivity contribution in [2.24, 2.45) is 11.8 Å². The van der Waals surface area contributed by atoms with Crippen LogP contribution in [-0.4, -0.2) is 41.2 Å². The van der Waals surface area contributed by atoms with Crippen molar-refractivity contribution in [2.45, 2.75) is 46.6 Å². The summed E-state index contributed by atoms with van der Waals surface area (Å²) in [6, 6.07) is 0.394. The molecular formula is C15H27N5O. The molecule has 1 aliphatic rings. The molecule has 0 bridgehead atoms. The molecule has 6 heteroatoms. The van der Waals surface area contributed by atoms with Gasteiger partial charge in [-0.25, -0.2) is 0 Å². The van der Waals surface area contributed by atoms with Crippen LogP contribution in [0, 0.1) is 11.8 Å². The summed E-state index contributed by atoms with van der Waals surface area (Å²) in [4.78, 5) is 15.4. The van der Waals surface area contributed by atoms with E-state index in [1.165, 1.54) is 12.8 Å². The second-order valence-corrected chi connectivity index (χ2v) is 6.23. The fraction of sp³-hybridized carbons (Fsp3) is 0.800. The molecule has 1 aromatic heterocycles. The minimum Gasteiger partial charge on any atom is -0.461 e. The highest BCUT2D eigenvalue weighted by Crippen LogP contribution is 2.27. The van der Waals surface area contributed by atoms with Crippen molar-refractivity contribution in [3.63, 3.8) is 0 Å². The van der Waals surface area contributed by atoms with E-state index in [4.69, 9.17) is 4.74 Å². The van der Waals surface area contributed by atoms with Gasteiger partial charge in [0.05, 0.1) is 6.10 Å². The molecule has 1 aliphatic heterocycles. The number of hydrogen-bond donors (Lipinski definition) is 1. The van der Waals surface area contributed by atoms with Gasteiger partial charge in [-0.3, -0.25) is 0 Å². The van der Waals surface area contributed by atoms with Crippen LogP contribution in [0.3, 0.4) is 0 Å². The Morgan fingerprint density at radius 3 is 2.29 bits per heavy atom. The molecule has 0 radical (unpaired) electrons. The van der Waals surface area contributed by atoms with Crippen LogP contribution in [0.4, 0.5) is 11.9 Å². The first-order chi connectivity index (χ1) is 9.99. The summed E-state index contributed by atoms with van der Waals surface area (Å²) in [5.74, 6) is 2.82. The lowest BCUT2D eigenvalue weighted by molar-refractivity contribution is 0.221. The number of piperidine rings is 1. The van der Waals surface area contributed by atoms with E-state index in [0.717, 1.165) is 24.9 Å². The van der Waals surface area contributed by atoms with Crippen LogP contribution in [-0.2, 0) is 0 Å². The molecule has 0 atom stereocenters. The van der Waals surface area contributed by atoms with Gasteiger partial charge in [-0.1, -0.05) is 13.8 Å².